The fourth-order valence-electron chi connectivity index (χ4n) is 3.16. The number of nitrogens with one attached hydrogen (secondary N) is 2. The molecule has 5 heterocycles. The minimum absolute atomic E-state index is 0.774. The van der Waals surface area contributed by atoms with Crippen LogP contribution in [0.4, 0.5) is 51.0 Å². The summed E-state index contributed by atoms with van der Waals surface area (Å²) in [5.74, 6) is -6.70. The highest BCUT2D eigenvalue weighted by molar-refractivity contribution is 5.95. The summed E-state index contributed by atoms with van der Waals surface area (Å²) in [4.78, 5) is 48.1. The number of anilines is 2. The maximum absolute atomic E-state index is 10.6. The van der Waals surface area contributed by atoms with Crippen molar-refractivity contribution in [3.8, 4) is 33.9 Å². The van der Waals surface area contributed by atoms with E-state index in [0.29, 0.717) is 0 Å². The van der Waals surface area contributed by atoms with Gasteiger partial charge in [0.15, 0.2) is 0 Å². The van der Waals surface area contributed by atoms with Crippen LogP contribution >= 0.6 is 0 Å². The molecule has 0 fully saturated rings. The number of aromatic nitrogens is 5. The van der Waals surface area contributed by atoms with Crippen molar-refractivity contribution >= 4 is 29.4 Å². The Labute approximate surface area is 249 Å². The number of fused-ring (bicyclic) bond motifs is 5. The number of carboxylic acids is 3. The molecule has 12 nitrogen and oxygen atoms in total. The van der Waals surface area contributed by atoms with Gasteiger partial charge in [0.05, 0.1) is 17.6 Å². The van der Waals surface area contributed by atoms with E-state index in [4.69, 9.17) is 34.7 Å². The van der Waals surface area contributed by atoms with Gasteiger partial charge in [0.2, 0.25) is 0 Å². The second-order valence-corrected chi connectivity index (χ2v) is 8.30. The molecule has 0 saturated carbocycles. The first kappa shape index (κ1) is 36.4. The molecule has 5 N–H and O–H groups in total. The number of nitrogens with zero attached hydrogens (tertiary/aromatic N) is 4. The van der Waals surface area contributed by atoms with E-state index in [0.717, 1.165) is 51.1 Å². The molecule has 4 aromatic rings. The number of aryl methyl sites for hydroxylation is 1. The normalized spacial score (nSPS) is 11.5. The number of carbonyl (C=O) groups is 3. The van der Waals surface area contributed by atoms with E-state index in [1.165, 1.54) is 0 Å². The predicted molar refractivity (Wildman–Crippen MR) is 137 cm³/mol. The molecule has 5 rings (SSSR count). The van der Waals surface area contributed by atoms with Crippen LogP contribution in [-0.4, -0.2) is 76.7 Å². The Kier molecular flexibility index (Phi) is 11.4. The lowest BCUT2D eigenvalue weighted by Crippen LogP contribution is -2.21. The quantitative estimate of drug-likeness (QED) is 0.134. The molecule has 4 aromatic heterocycles. The van der Waals surface area contributed by atoms with Crippen molar-refractivity contribution in [1.82, 2.24) is 24.9 Å². The zero-order chi connectivity index (χ0) is 35.0. The number of pyridine rings is 3. The Bertz CT molecular complexity index is 1580. The molecule has 0 aliphatic carbocycles. The van der Waals surface area contributed by atoms with Gasteiger partial charge < -0.3 is 25.6 Å². The molecule has 0 unspecified atom stereocenters. The number of rotatable bonds is 1. The fourth-order valence-corrected chi connectivity index (χ4v) is 3.16. The van der Waals surface area contributed by atoms with Crippen molar-refractivity contribution in [3.05, 3.63) is 60.8 Å². The van der Waals surface area contributed by atoms with Crippen molar-refractivity contribution in [1.29, 1.82) is 0 Å². The van der Waals surface area contributed by atoms with Crippen LogP contribution in [0.2, 0.25) is 0 Å². The molecule has 0 amide bonds. The van der Waals surface area contributed by atoms with Gasteiger partial charge in [-0.05, 0) is 37.3 Å². The molecular formula is C25H17F9N6O6. The average molecular weight is 668 g/mol. The van der Waals surface area contributed by atoms with Gasteiger partial charge in [0, 0.05) is 41.0 Å². The van der Waals surface area contributed by atoms with Crippen molar-refractivity contribution in [2.75, 3.05) is 5.32 Å². The minimum atomic E-state index is -5.08. The Morgan fingerprint density at radius 3 is 1.65 bits per heavy atom. The maximum atomic E-state index is 10.6. The number of halogens is 9. The second-order valence-electron chi connectivity index (χ2n) is 8.30. The summed E-state index contributed by atoms with van der Waals surface area (Å²) in [6, 6.07) is 9.86. The van der Waals surface area contributed by atoms with Gasteiger partial charge in [0.25, 0.3) is 0 Å². The molecule has 0 atom stereocenters. The molecule has 46 heavy (non-hydrogen) atoms. The zero-order valence-electron chi connectivity index (χ0n) is 22.5. The predicted octanol–water partition coefficient (Wildman–Crippen LogP) is 5.86. The van der Waals surface area contributed by atoms with Crippen LogP contribution in [-0.2, 0) is 14.4 Å². The number of aromatic amines is 1. The van der Waals surface area contributed by atoms with Gasteiger partial charge in [-0.25, -0.2) is 24.4 Å². The van der Waals surface area contributed by atoms with Crippen molar-refractivity contribution in [2.45, 2.75) is 25.5 Å². The number of H-pyrrole nitrogens is 1. The van der Waals surface area contributed by atoms with E-state index < -0.39 is 36.4 Å². The fraction of sp³-hybridized carbons (Fsp3) is 0.160. The smallest absolute Gasteiger partial charge is 0.475 e. The Hall–Kier alpha value is -5.76. The number of carboxylic acid groups (broad SMARTS) is 3. The highest BCUT2D eigenvalue weighted by Crippen LogP contribution is 2.42. The first-order valence-electron chi connectivity index (χ1n) is 11.7. The summed E-state index contributed by atoms with van der Waals surface area (Å²) in [6.45, 7) is 1.98. The molecule has 21 heteroatoms. The lowest BCUT2D eigenvalue weighted by molar-refractivity contribution is -0.193. The number of hydrogen-bond acceptors (Lipinski definition) is 8. The molecule has 0 spiro atoms. The summed E-state index contributed by atoms with van der Waals surface area (Å²) >= 11 is 0. The summed E-state index contributed by atoms with van der Waals surface area (Å²) in [5, 5.41) is 24.7. The minimum Gasteiger partial charge on any atom is -0.475 e. The van der Waals surface area contributed by atoms with E-state index in [1.54, 1.807) is 24.8 Å². The van der Waals surface area contributed by atoms with Crippen LogP contribution < -0.4 is 5.32 Å². The highest BCUT2D eigenvalue weighted by Gasteiger charge is 2.39. The van der Waals surface area contributed by atoms with Crippen molar-refractivity contribution < 1.29 is 69.2 Å². The molecule has 1 aliphatic rings. The van der Waals surface area contributed by atoms with Gasteiger partial charge in [-0.15, -0.1) is 0 Å². The average Bonchev–Trinajstić information content (AvgIpc) is 3.33. The Balaban J connectivity index is 0.000000289. The first-order chi connectivity index (χ1) is 21.1. The molecule has 246 valence electrons. The number of imidazole rings is 1. The number of hydrogen-bond donors (Lipinski definition) is 5. The van der Waals surface area contributed by atoms with E-state index in [9.17, 15) is 39.5 Å². The van der Waals surface area contributed by atoms with Gasteiger partial charge in [-0.1, -0.05) is 0 Å². The lowest BCUT2D eigenvalue weighted by Gasteiger charge is -2.08. The largest absolute Gasteiger partial charge is 0.490 e. The first-order valence-corrected chi connectivity index (χ1v) is 11.7. The van der Waals surface area contributed by atoms with Crippen molar-refractivity contribution in [2.24, 2.45) is 0 Å². The highest BCUT2D eigenvalue weighted by atomic mass is 19.4. The summed E-state index contributed by atoms with van der Waals surface area (Å²) in [5.41, 5.74) is 6.63. The third kappa shape index (κ3) is 9.89. The van der Waals surface area contributed by atoms with E-state index in [-0.39, 0.29) is 0 Å². The van der Waals surface area contributed by atoms with Crippen LogP contribution in [0.1, 0.15) is 5.69 Å². The van der Waals surface area contributed by atoms with Crippen LogP contribution in [0, 0.1) is 6.92 Å². The van der Waals surface area contributed by atoms with E-state index in [2.05, 4.69) is 25.3 Å². The summed E-state index contributed by atoms with van der Waals surface area (Å²) in [6.07, 6.45) is -8.11. The molecular weight excluding hydrogens is 651 g/mol. The van der Waals surface area contributed by atoms with Gasteiger partial charge >= 0.3 is 36.4 Å². The summed E-state index contributed by atoms with van der Waals surface area (Å²) < 4.78 is 95.2. The maximum Gasteiger partial charge on any atom is 0.490 e. The van der Waals surface area contributed by atoms with Crippen LogP contribution in [0.5, 0.6) is 0 Å². The summed E-state index contributed by atoms with van der Waals surface area (Å²) in [7, 11) is 0. The third-order valence-electron chi connectivity index (χ3n) is 5.10. The van der Waals surface area contributed by atoms with Crippen LogP contribution in [0.25, 0.3) is 33.9 Å². The monoisotopic (exact) mass is 668 g/mol. The van der Waals surface area contributed by atoms with Crippen LogP contribution in [0.3, 0.4) is 0 Å². The van der Waals surface area contributed by atoms with Crippen LogP contribution in [0.15, 0.2) is 55.1 Å². The second kappa shape index (κ2) is 14.3. The Morgan fingerprint density at radius 2 is 1.17 bits per heavy atom. The Morgan fingerprint density at radius 1 is 0.696 bits per heavy atom. The van der Waals surface area contributed by atoms with Crippen molar-refractivity contribution in [3.63, 3.8) is 0 Å². The molecule has 0 saturated heterocycles. The molecule has 0 aromatic carbocycles. The lowest BCUT2D eigenvalue weighted by atomic mass is 10.1. The number of aliphatic carboxylic acids is 3. The van der Waals surface area contributed by atoms with E-state index in [1.807, 2.05) is 37.3 Å². The van der Waals surface area contributed by atoms with Gasteiger partial charge in [0.1, 0.15) is 17.3 Å². The zero-order valence-corrected chi connectivity index (χ0v) is 22.5. The topological polar surface area (TPSA) is 191 Å². The number of alkyl halides is 9. The standard InChI is InChI=1S/C19H14N6.3C2HF3O2/c1-11-12(4-2-7-21-11)19-24-16-13-6-9-20-10-15(13)23-18-14(17(16)25-19)5-3-8-22-18;3*3-2(4,5)1(6)7/h2-10H,1H3,(H,22,23)(H,24,25);3*(H,6,7). The SMILES string of the molecule is Cc1ncccc1-c1nc2c([nH]1)-c1ccncc1Nc1ncccc1-2.O=C(O)C(F)(F)F.O=C(O)C(F)(F)F.O=C(O)C(F)(F)F. The molecule has 0 bridgehead atoms. The molecule has 0 radical (unpaired) electrons. The third-order valence-corrected chi connectivity index (χ3v) is 5.10. The van der Waals surface area contributed by atoms with E-state index >= 15 is 0 Å². The molecule has 1 aliphatic heterocycles. The van der Waals surface area contributed by atoms with Gasteiger partial charge in [-0.3, -0.25) is 9.97 Å². The van der Waals surface area contributed by atoms with Gasteiger partial charge in [-0.2, -0.15) is 39.5 Å².